The van der Waals surface area contributed by atoms with E-state index in [4.69, 9.17) is 4.74 Å². The molecule has 1 aromatic carbocycles. The van der Waals surface area contributed by atoms with Gasteiger partial charge in [0.25, 0.3) is 0 Å². The van der Waals surface area contributed by atoms with Crippen molar-refractivity contribution in [1.82, 2.24) is 4.90 Å². The number of nitrogens with zero attached hydrogens (tertiary/aromatic N) is 1. The summed E-state index contributed by atoms with van der Waals surface area (Å²) in [5.74, 6) is 0. The molecule has 2 nitrogen and oxygen atoms in total. The molecule has 0 radical (unpaired) electrons. The van der Waals surface area contributed by atoms with Crippen LogP contribution in [0, 0.1) is 0 Å². The highest BCUT2D eigenvalue weighted by molar-refractivity contribution is 5.14. The van der Waals surface area contributed by atoms with Crippen molar-refractivity contribution in [3.63, 3.8) is 0 Å². The van der Waals surface area contributed by atoms with E-state index < -0.39 is 0 Å². The van der Waals surface area contributed by atoms with Gasteiger partial charge < -0.3 is 4.74 Å². The largest absolute Gasteiger partial charge is 0.380 e. The van der Waals surface area contributed by atoms with E-state index in [-0.39, 0.29) is 0 Å². The van der Waals surface area contributed by atoms with E-state index in [0.717, 1.165) is 19.6 Å². The predicted octanol–water partition coefficient (Wildman–Crippen LogP) is 1.91. The lowest BCUT2D eigenvalue weighted by Crippen LogP contribution is -2.22. The quantitative estimate of drug-likeness (QED) is 0.723. The highest BCUT2D eigenvalue weighted by Crippen LogP contribution is 2.14. The maximum absolute atomic E-state index is 5.34. The molecule has 1 unspecified atom stereocenters. The molecular formula is C12H17NO. The molecule has 0 aromatic heterocycles. The molecule has 2 rings (SSSR count). The normalized spacial score (nSPS) is 22.8. The fraction of sp³-hybridized carbons (Fsp3) is 0.500. The highest BCUT2D eigenvalue weighted by atomic mass is 16.5. The molecule has 14 heavy (non-hydrogen) atoms. The molecule has 1 heterocycles. The molecule has 1 aromatic rings. The fourth-order valence-corrected chi connectivity index (χ4v) is 1.97. The first-order chi connectivity index (χ1) is 6.88. The Morgan fingerprint density at radius 1 is 1.36 bits per heavy atom. The summed E-state index contributed by atoms with van der Waals surface area (Å²) in [4.78, 5) is 2.45. The Kier molecular flexibility index (Phi) is 3.17. The molecule has 0 saturated carbocycles. The van der Waals surface area contributed by atoms with Crippen molar-refractivity contribution in [2.75, 3.05) is 20.2 Å². The highest BCUT2D eigenvalue weighted by Gasteiger charge is 2.21. The van der Waals surface area contributed by atoms with E-state index in [1.807, 2.05) is 0 Å². The van der Waals surface area contributed by atoms with Crippen molar-refractivity contribution in [1.29, 1.82) is 0 Å². The van der Waals surface area contributed by atoms with Crippen molar-refractivity contribution in [2.45, 2.75) is 19.1 Å². The molecule has 1 aliphatic heterocycles. The maximum atomic E-state index is 5.34. The van der Waals surface area contributed by atoms with Gasteiger partial charge in [0.1, 0.15) is 0 Å². The molecule has 0 aliphatic carbocycles. The van der Waals surface area contributed by atoms with E-state index in [0.29, 0.717) is 6.10 Å². The van der Waals surface area contributed by atoms with Gasteiger partial charge in [0.2, 0.25) is 0 Å². The standard InChI is InChI=1S/C12H17NO/c1-14-12-7-8-13(10-12)9-11-5-3-2-4-6-11/h2-6,12H,7-10H2,1H3. The summed E-state index contributed by atoms with van der Waals surface area (Å²) in [5.41, 5.74) is 1.39. The van der Waals surface area contributed by atoms with Crippen LogP contribution in [-0.2, 0) is 11.3 Å². The van der Waals surface area contributed by atoms with Crippen LogP contribution in [0.1, 0.15) is 12.0 Å². The van der Waals surface area contributed by atoms with Crippen molar-refractivity contribution >= 4 is 0 Å². The Morgan fingerprint density at radius 3 is 2.79 bits per heavy atom. The Balaban J connectivity index is 1.88. The number of likely N-dealkylation sites (tertiary alicyclic amines) is 1. The number of ether oxygens (including phenoxy) is 1. The molecule has 1 saturated heterocycles. The van der Waals surface area contributed by atoms with Crippen LogP contribution in [0.4, 0.5) is 0 Å². The second kappa shape index (κ2) is 4.58. The average Bonchev–Trinajstić information content (AvgIpc) is 2.67. The van der Waals surface area contributed by atoms with Gasteiger partial charge in [-0.05, 0) is 12.0 Å². The number of hydrogen-bond acceptors (Lipinski definition) is 2. The number of rotatable bonds is 3. The van der Waals surface area contributed by atoms with Crippen molar-refractivity contribution < 1.29 is 4.74 Å². The van der Waals surface area contributed by atoms with Gasteiger partial charge in [0.05, 0.1) is 6.10 Å². The summed E-state index contributed by atoms with van der Waals surface area (Å²) in [6, 6.07) is 10.6. The molecule has 0 bridgehead atoms. The summed E-state index contributed by atoms with van der Waals surface area (Å²) in [7, 11) is 1.80. The Bertz CT molecular complexity index is 273. The minimum atomic E-state index is 0.443. The van der Waals surface area contributed by atoms with E-state index >= 15 is 0 Å². The van der Waals surface area contributed by atoms with Crippen LogP contribution in [0.5, 0.6) is 0 Å². The Labute approximate surface area is 85.5 Å². The van der Waals surface area contributed by atoms with Gasteiger partial charge in [0.15, 0.2) is 0 Å². The Hall–Kier alpha value is -0.860. The smallest absolute Gasteiger partial charge is 0.0710 e. The predicted molar refractivity (Wildman–Crippen MR) is 57.1 cm³/mol. The molecule has 1 fully saturated rings. The van der Waals surface area contributed by atoms with Crippen molar-refractivity contribution in [3.8, 4) is 0 Å². The first kappa shape index (κ1) is 9.69. The van der Waals surface area contributed by atoms with E-state index in [9.17, 15) is 0 Å². The molecule has 1 atom stereocenters. The van der Waals surface area contributed by atoms with Gasteiger partial charge in [-0.1, -0.05) is 30.3 Å². The van der Waals surface area contributed by atoms with E-state index in [1.165, 1.54) is 12.0 Å². The van der Waals surface area contributed by atoms with Crippen LogP contribution in [0.15, 0.2) is 30.3 Å². The number of methoxy groups -OCH3 is 1. The maximum Gasteiger partial charge on any atom is 0.0710 e. The zero-order valence-electron chi connectivity index (χ0n) is 8.65. The van der Waals surface area contributed by atoms with Gasteiger partial charge in [-0.2, -0.15) is 0 Å². The average molecular weight is 191 g/mol. The third-order valence-corrected chi connectivity index (χ3v) is 2.81. The summed E-state index contributed by atoms with van der Waals surface area (Å²) < 4.78 is 5.34. The minimum Gasteiger partial charge on any atom is -0.380 e. The second-order valence-electron chi connectivity index (χ2n) is 3.87. The summed E-state index contributed by atoms with van der Waals surface area (Å²) in [6.45, 7) is 3.29. The van der Waals surface area contributed by atoms with Crippen LogP contribution in [0.25, 0.3) is 0 Å². The van der Waals surface area contributed by atoms with Crippen LogP contribution < -0.4 is 0 Å². The second-order valence-corrected chi connectivity index (χ2v) is 3.87. The van der Waals surface area contributed by atoms with Gasteiger partial charge in [-0.15, -0.1) is 0 Å². The summed E-state index contributed by atoms with van der Waals surface area (Å²) in [6.07, 6.45) is 1.61. The minimum absolute atomic E-state index is 0.443. The zero-order valence-corrected chi connectivity index (χ0v) is 8.65. The third-order valence-electron chi connectivity index (χ3n) is 2.81. The van der Waals surface area contributed by atoms with Gasteiger partial charge in [0, 0.05) is 26.7 Å². The fourth-order valence-electron chi connectivity index (χ4n) is 1.97. The monoisotopic (exact) mass is 191 g/mol. The third kappa shape index (κ3) is 2.34. The van der Waals surface area contributed by atoms with E-state index in [1.54, 1.807) is 7.11 Å². The van der Waals surface area contributed by atoms with Crippen molar-refractivity contribution in [2.24, 2.45) is 0 Å². The zero-order chi connectivity index (χ0) is 9.80. The van der Waals surface area contributed by atoms with Gasteiger partial charge in [-0.25, -0.2) is 0 Å². The molecule has 0 spiro atoms. The topological polar surface area (TPSA) is 12.5 Å². The van der Waals surface area contributed by atoms with Gasteiger partial charge in [-0.3, -0.25) is 4.90 Å². The van der Waals surface area contributed by atoms with Crippen LogP contribution in [0.2, 0.25) is 0 Å². The molecule has 0 N–H and O–H groups in total. The molecule has 0 amide bonds. The number of hydrogen-bond donors (Lipinski definition) is 0. The Morgan fingerprint density at radius 2 is 2.14 bits per heavy atom. The SMILES string of the molecule is COC1CCN(Cc2ccccc2)C1. The van der Waals surface area contributed by atoms with Crippen LogP contribution in [0.3, 0.4) is 0 Å². The molecule has 76 valence electrons. The van der Waals surface area contributed by atoms with Crippen LogP contribution >= 0.6 is 0 Å². The summed E-state index contributed by atoms with van der Waals surface area (Å²) in [5, 5.41) is 0. The first-order valence-corrected chi connectivity index (χ1v) is 5.17. The lowest BCUT2D eigenvalue weighted by Gasteiger charge is -2.15. The van der Waals surface area contributed by atoms with Crippen molar-refractivity contribution in [3.05, 3.63) is 35.9 Å². The summed E-state index contributed by atoms with van der Waals surface area (Å²) >= 11 is 0. The number of benzene rings is 1. The van der Waals surface area contributed by atoms with E-state index in [2.05, 4.69) is 35.2 Å². The first-order valence-electron chi connectivity index (χ1n) is 5.17. The van der Waals surface area contributed by atoms with Gasteiger partial charge >= 0.3 is 0 Å². The molecular weight excluding hydrogens is 174 g/mol. The van der Waals surface area contributed by atoms with Crippen LogP contribution in [-0.4, -0.2) is 31.2 Å². The molecule has 2 heteroatoms. The lowest BCUT2D eigenvalue weighted by atomic mass is 10.2. The lowest BCUT2D eigenvalue weighted by molar-refractivity contribution is 0.107. The molecule has 1 aliphatic rings.